The number of amides is 1. The summed E-state index contributed by atoms with van der Waals surface area (Å²) in [5.41, 5.74) is 0.907. The van der Waals surface area contributed by atoms with E-state index in [1.807, 2.05) is 6.07 Å². The van der Waals surface area contributed by atoms with E-state index in [1.54, 1.807) is 67.8 Å². The van der Waals surface area contributed by atoms with E-state index in [0.717, 1.165) is 10.1 Å². The van der Waals surface area contributed by atoms with Crippen molar-refractivity contribution in [3.63, 3.8) is 0 Å². The minimum Gasteiger partial charge on any atom is -0.493 e. The van der Waals surface area contributed by atoms with Gasteiger partial charge in [0.1, 0.15) is 6.54 Å². The Kier molecular flexibility index (Phi) is 7.22. The number of aromatic nitrogens is 2. The Bertz CT molecular complexity index is 1510. The zero-order valence-electron chi connectivity index (χ0n) is 19.3. The molecule has 4 aromatic rings. The number of benzene rings is 3. The van der Waals surface area contributed by atoms with Gasteiger partial charge in [0.05, 0.1) is 31.7 Å². The largest absolute Gasteiger partial charge is 0.493 e. The predicted molar refractivity (Wildman–Crippen MR) is 134 cm³/mol. The van der Waals surface area contributed by atoms with Gasteiger partial charge in [-0.1, -0.05) is 41.9 Å². The fourth-order valence-electron chi connectivity index (χ4n) is 3.87. The number of para-hydroxylation sites is 1. The molecule has 0 fully saturated rings. The van der Waals surface area contributed by atoms with Crippen LogP contribution in [0.4, 0.5) is 0 Å². The number of carbonyl (C=O) groups excluding carboxylic acids is 1. The highest BCUT2D eigenvalue weighted by Crippen LogP contribution is 2.27. The van der Waals surface area contributed by atoms with Gasteiger partial charge in [0.2, 0.25) is 5.91 Å². The number of nitrogens with one attached hydrogen (secondary N) is 1. The van der Waals surface area contributed by atoms with Crippen LogP contribution in [0.15, 0.2) is 76.3 Å². The van der Waals surface area contributed by atoms with Crippen LogP contribution in [0.3, 0.4) is 0 Å². The van der Waals surface area contributed by atoms with Crippen molar-refractivity contribution in [3.05, 3.63) is 104 Å². The molecule has 1 heterocycles. The van der Waals surface area contributed by atoms with Crippen LogP contribution in [0.1, 0.15) is 11.1 Å². The van der Waals surface area contributed by atoms with Crippen LogP contribution in [-0.4, -0.2) is 29.3 Å². The number of hydrogen-bond donors (Lipinski definition) is 1. The Morgan fingerprint density at radius 1 is 0.886 bits per heavy atom. The van der Waals surface area contributed by atoms with Crippen LogP contribution in [-0.2, 0) is 24.4 Å². The summed E-state index contributed by atoms with van der Waals surface area (Å²) in [6.07, 6.45) is 0. The Balaban J connectivity index is 1.63. The molecule has 0 aliphatic rings. The number of carbonyl (C=O) groups is 1. The second-order valence-corrected chi connectivity index (χ2v) is 8.31. The molecular weight excluding hydrogens is 470 g/mol. The molecule has 0 saturated heterocycles. The zero-order valence-corrected chi connectivity index (χ0v) is 20.0. The first-order valence-electron chi connectivity index (χ1n) is 10.9. The molecule has 3 aromatic carbocycles. The molecule has 0 saturated carbocycles. The van der Waals surface area contributed by atoms with Gasteiger partial charge < -0.3 is 14.8 Å². The van der Waals surface area contributed by atoms with E-state index in [2.05, 4.69) is 5.32 Å². The minimum atomic E-state index is -0.574. The maximum Gasteiger partial charge on any atom is 0.332 e. The Morgan fingerprint density at radius 3 is 2.40 bits per heavy atom. The van der Waals surface area contributed by atoms with Crippen molar-refractivity contribution in [2.45, 2.75) is 19.6 Å². The summed E-state index contributed by atoms with van der Waals surface area (Å²) >= 11 is 6.07. The molecule has 8 nitrogen and oxygen atoms in total. The molecule has 180 valence electrons. The number of nitrogens with zero attached hydrogens (tertiary/aromatic N) is 2. The lowest BCUT2D eigenvalue weighted by molar-refractivity contribution is -0.121. The molecule has 0 radical (unpaired) electrons. The number of hydrogen-bond acceptors (Lipinski definition) is 5. The summed E-state index contributed by atoms with van der Waals surface area (Å²) in [6, 6.07) is 19.0. The number of methoxy groups -OCH3 is 2. The second-order valence-electron chi connectivity index (χ2n) is 7.87. The van der Waals surface area contributed by atoms with Crippen molar-refractivity contribution in [1.82, 2.24) is 14.5 Å². The fourth-order valence-corrected chi connectivity index (χ4v) is 4.08. The smallest absolute Gasteiger partial charge is 0.332 e. The molecule has 1 N–H and O–H groups in total. The normalized spacial score (nSPS) is 10.8. The molecule has 4 rings (SSSR count). The number of rotatable bonds is 8. The van der Waals surface area contributed by atoms with Crippen LogP contribution in [0.2, 0.25) is 5.02 Å². The maximum absolute atomic E-state index is 13.3. The average molecular weight is 494 g/mol. The van der Waals surface area contributed by atoms with E-state index in [1.165, 1.54) is 11.7 Å². The summed E-state index contributed by atoms with van der Waals surface area (Å²) in [5, 5.41) is 3.67. The molecule has 1 amide bonds. The molecule has 0 spiro atoms. The summed E-state index contributed by atoms with van der Waals surface area (Å²) in [5.74, 6) is 0.761. The van der Waals surface area contributed by atoms with Crippen LogP contribution < -0.4 is 26.0 Å². The lowest BCUT2D eigenvalue weighted by Gasteiger charge is -2.15. The minimum absolute atomic E-state index is 0.0380. The summed E-state index contributed by atoms with van der Waals surface area (Å²) in [4.78, 5) is 39.3. The summed E-state index contributed by atoms with van der Waals surface area (Å²) in [6.45, 7) is 0.0206. The first kappa shape index (κ1) is 24.1. The second kappa shape index (κ2) is 10.5. The van der Waals surface area contributed by atoms with Gasteiger partial charge >= 0.3 is 5.69 Å². The quantitative estimate of drug-likeness (QED) is 0.407. The molecule has 9 heteroatoms. The van der Waals surface area contributed by atoms with Gasteiger partial charge in [0.25, 0.3) is 5.56 Å². The van der Waals surface area contributed by atoms with Gasteiger partial charge in [0, 0.05) is 11.6 Å². The molecule has 0 atom stereocenters. The highest BCUT2D eigenvalue weighted by Gasteiger charge is 2.16. The number of ether oxygens (including phenoxy) is 2. The average Bonchev–Trinajstić information content (AvgIpc) is 2.87. The standard InChI is InChI=1S/C26H24ClN3O5/c1-34-22-11-10-17(13-23(22)35-2)14-28-24(31)16-29-21-9-4-3-8-20(21)25(32)30(26(29)33)15-18-6-5-7-19(27)12-18/h3-13H,14-16H2,1-2H3,(H,28,31). The monoisotopic (exact) mass is 493 g/mol. The Hall–Kier alpha value is -4.04. The molecule has 0 unspecified atom stereocenters. The van der Waals surface area contributed by atoms with Gasteiger partial charge in [0.15, 0.2) is 11.5 Å². The van der Waals surface area contributed by atoms with E-state index >= 15 is 0 Å². The topological polar surface area (TPSA) is 91.6 Å². The van der Waals surface area contributed by atoms with Gasteiger partial charge in [-0.3, -0.25) is 18.7 Å². The lowest BCUT2D eigenvalue weighted by atomic mass is 10.2. The first-order chi connectivity index (χ1) is 16.9. The third-order valence-corrected chi connectivity index (χ3v) is 5.84. The summed E-state index contributed by atoms with van der Waals surface area (Å²) < 4.78 is 13.0. The molecule has 1 aromatic heterocycles. The van der Waals surface area contributed by atoms with Gasteiger partial charge in [-0.2, -0.15) is 0 Å². The van der Waals surface area contributed by atoms with Crippen LogP contribution >= 0.6 is 11.6 Å². The fraction of sp³-hybridized carbons (Fsp3) is 0.192. The number of halogens is 1. The Labute approximate surface area is 206 Å². The predicted octanol–water partition coefficient (Wildman–Crippen LogP) is 3.20. The highest BCUT2D eigenvalue weighted by molar-refractivity contribution is 6.30. The highest BCUT2D eigenvalue weighted by atomic mass is 35.5. The van der Waals surface area contributed by atoms with Crippen LogP contribution in [0, 0.1) is 0 Å². The third-order valence-electron chi connectivity index (χ3n) is 5.60. The van der Waals surface area contributed by atoms with Gasteiger partial charge in [-0.15, -0.1) is 0 Å². The van der Waals surface area contributed by atoms with Crippen molar-refractivity contribution in [1.29, 1.82) is 0 Å². The SMILES string of the molecule is COc1ccc(CNC(=O)Cn2c(=O)n(Cc3cccc(Cl)c3)c(=O)c3ccccc32)cc1OC. The van der Waals surface area contributed by atoms with E-state index < -0.39 is 11.2 Å². The van der Waals surface area contributed by atoms with Gasteiger partial charge in [-0.05, 0) is 47.5 Å². The number of fused-ring (bicyclic) bond motifs is 1. The molecule has 0 bridgehead atoms. The molecular formula is C26H24ClN3O5. The van der Waals surface area contributed by atoms with E-state index in [0.29, 0.717) is 33.0 Å². The third kappa shape index (κ3) is 5.22. The molecule has 35 heavy (non-hydrogen) atoms. The van der Waals surface area contributed by atoms with Crippen molar-refractivity contribution in [3.8, 4) is 11.5 Å². The zero-order chi connectivity index (χ0) is 24.9. The maximum atomic E-state index is 13.3. The van der Waals surface area contributed by atoms with Crippen molar-refractivity contribution < 1.29 is 14.3 Å². The van der Waals surface area contributed by atoms with E-state index in [4.69, 9.17) is 21.1 Å². The van der Waals surface area contributed by atoms with Crippen molar-refractivity contribution >= 4 is 28.4 Å². The van der Waals surface area contributed by atoms with E-state index in [9.17, 15) is 14.4 Å². The van der Waals surface area contributed by atoms with Crippen molar-refractivity contribution in [2.24, 2.45) is 0 Å². The van der Waals surface area contributed by atoms with Crippen LogP contribution in [0.5, 0.6) is 11.5 Å². The Morgan fingerprint density at radius 2 is 1.66 bits per heavy atom. The molecule has 0 aliphatic carbocycles. The lowest BCUT2D eigenvalue weighted by Crippen LogP contribution is -2.42. The van der Waals surface area contributed by atoms with Crippen molar-refractivity contribution in [2.75, 3.05) is 14.2 Å². The summed E-state index contributed by atoms with van der Waals surface area (Å²) in [7, 11) is 3.09. The first-order valence-corrected chi connectivity index (χ1v) is 11.2. The molecule has 0 aliphatic heterocycles. The van der Waals surface area contributed by atoms with Crippen LogP contribution in [0.25, 0.3) is 10.9 Å². The van der Waals surface area contributed by atoms with Gasteiger partial charge in [-0.25, -0.2) is 4.79 Å². The van der Waals surface area contributed by atoms with E-state index in [-0.39, 0.29) is 25.5 Å².